The van der Waals surface area contributed by atoms with Gasteiger partial charge in [-0.1, -0.05) is 25.9 Å². The van der Waals surface area contributed by atoms with Gasteiger partial charge in [-0.3, -0.25) is 4.90 Å². The third-order valence-corrected chi connectivity index (χ3v) is 4.20. The van der Waals surface area contributed by atoms with Crippen LogP contribution < -0.4 is 0 Å². The summed E-state index contributed by atoms with van der Waals surface area (Å²) >= 11 is 0. The number of likely N-dealkylation sites (tertiary alicyclic amines) is 1. The van der Waals surface area contributed by atoms with E-state index in [2.05, 4.69) is 46.0 Å². The van der Waals surface area contributed by atoms with Gasteiger partial charge in [0.2, 0.25) is 5.89 Å². The van der Waals surface area contributed by atoms with Crippen LogP contribution in [0.25, 0.3) is 0 Å². The van der Waals surface area contributed by atoms with Crippen molar-refractivity contribution in [2.75, 3.05) is 13.7 Å². The Balaban J connectivity index is 1.79. The summed E-state index contributed by atoms with van der Waals surface area (Å²) in [6.07, 6.45) is 2.78. The summed E-state index contributed by atoms with van der Waals surface area (Å²) in [7, 11) is 3.70. The lowest BCUT2D eigenvalue weighted by atomic mass is 9.97. The molecule has 0 amide bonds. The van der Waals surface area contributed by atoms with E-state index in [-0.39, 0.29) is 17.6 Å². The molecule has 0 bridgehead atoms. The van der Waals surface area contributed by atoms with Gasteiger partial charge in [0.15, 0.2) is 5.82 Å². The molecule has 1 saturated heterocycles. The molecule has 3 rings (SSSR count). The van der Waals surface area contributed by atoms with Crippen molar-refractivity contribution in [2.24, 2.45) is 7.05 Å². The number of ether oxygens (including phenoxy) is 1. The minimum atomic E-state index is -0.145. The fourth-order valence-corrected chi connectivity index (χ4v) is 2.87. The minimum Gasteiger partial charge on any atom is -0.380 e. The molecule has 0 N–H and O–H groups in total. The van der Waals surface area contributed by atoms with Crippen molar-refractivity contribution in [2.45, 2.75) is 51.3 Å². The number of nitrogens with zero attached hydrogens (tertiary/aromatic N) is 6. The minimum absolute atomic E-state index is 0.143. The molecule has 1 fully saturated rings. The molecular weight excluding hydrogens is 296 g/mol. The average molecular weight is 320 g/mol. The second kappa shape index (κ2) is 6.01. The van der Waals surface area contributed by atoms with Crippen molar-refractivity contribution in [3.05, 3.63) is 23.9 Å². The smallest absolute Gasteiger partial charge is 0.232 e. The molecule has 3 heterocycles. The summed E-state index contributed by atoms with van der Waals surface area (Å²) in [5, 5.41) is 12.4. The summed E-state index contributed by atoms with van der Waals surface area (Å²) in [4.78, 5) is 6.80. The van der Waals surface area contributed by atoms with E-state index < -0.39 is 0 Å². The average Bonchev–Trinajstić information content (AvgIpc) is 3.18. The van der Waals surface area contributed by atoms with Gasteiger partial charge in [0.05, 0.1) is 18.7 Å². The topological polar surface area (TPSA) is 82.1 Å². The first kappa shape index (κ1) is 16.1. The van der Waals surface area contributed by atoms with Crippen LogP contribution in [-0.4, -0.2) is 49.6 Å². The SMILES string of the molecule is CO[C@@H]1C[C@@H](c2nncn2C)N(Cc2noc(C(C)(C)C)n2)C1. The lowest BCUT2D eigenvalue weighted by Crippen LogP contribution is -2.27. The largest absolute Gasteiger partial charge is 0.380 e. The van der Waals surface area contributed by atoms with E-state index in [1.54, 1.807) is 13.4 Å². The van der Waals surface area contributed by atoms with Crippen molar-refractivity contribution in [3.8, 4) is 0 Å². The molecule has 1 aliphatic heterocycles. The Hall–Kier alpha value is -1.80. The zero-order chi connectivity index (χ0) is 16.6. The van der Waals surface area contributed by atoms with E-state index in [9.17, 15) is 0 Å². The Bertz CT molecular complexity index is 659. The van der Waals surface area contributed by atoms with Crippen LogP contribution in [-0.2, 0) is 23.7 Å². The molecule has 8 nitrogen and oxygen atoms in total. The molecule has 0 spiro atoms. The van der Waals surface area contributed by atoms with Gasteiger partial charge >= 0.3 is 0 Å². The lowest BCUT2D eigenvalue weighted by Gasteiger charge is -2.21. The van der Waals surface area contributed by atoms with Gasteiger partial charge in [0, 0.05) is 26.1 Å². The molecule has 0 unspecified atom stereocenters. The first-order chi connectivity index (χ1) is 10.9. The Morgan fingerprint density at radius 3 is 2.74 bits per heavy atom. The van der Waals surface area contributed by atoms with E-state index in [0.29, 0.717) is 18.3 Å². The second-order valence-corrected chi connectivity index (χ2v) is 7.10. The van der Waals surface area contributed by atoms with Gasteiger partial charge in [0.25, 0.3) is 0 Å². The predicted octanol–water partition coefficient (Wildman–Crippen LogP) is 1.46. The van der Waals surface area contributed by atoms with Crippen LogP contribution in [0.4, 0.5) is 0 Å². The van der Waals surface area contributed by atoms with Gasteiger partial charge in [-0.05, 0) is 6.42 Å². The fourth-order valence-electron chi connectivity index (χ4n) is 2.87. The highest BCUT2D eigenvalue weighted by molar-refractivity contribution is 5.04. The van der Waals surface area contributed by atoms with Crippen molar-refractivity contribution < 1.29 is 9.26 Å². The molecule has 0 radical (unpaired) electrons. The molecule has 1 aliphatic rings. The summed E-state index contributed by atoms with van der Waals surface area (Å²) in [5.41, 5.74) is -0.145. The monoisotopic (exact) mass is 320 g/mol. The number of hydrogen-bond acceptors (Lipinski definition) is 7. The van der Waals surface area contributed by atoms with Crippen LogP contribution in [0.1, 0.15) is 50.8 Å². The Morgan fingerprint density at radius 1 is 1.39 bits per heavy atom. The molecule has 0 saturated carbocycles. The fraction of sp³-hybridized carbons (Fsp3) is 0.733. The second-order valence-electron chi connectivity index (χ2n) is 7.10. The summed E-state index contributed by atoms with van der Waals surface area (Å²) in [6.45, 7) is 7.60. The molecule has 8 heteroatoms. The standard InChI is InChI=1S/C15H24N6O2/c1-15(2,3)14-17-12(19-23-14)8-21-7-10(22-5)6-11(21)13-18-16-9-20(13)4/h9-11H,6-8H2,1-5H3/t10-,11+/m1/s1. The first-order valence-electron chi connectivity index (χ1n) is 7.82. The van der Waals surface area contributed by atoms with Crippen molar-refractivity contribution >= 4 is 0 Å². The quantitative estimate of drug-likeness (QED) is 0.843. The predicted molar refractivity (Wildman–Crippen MR) is 82.6 cm³/mol. The van der Waals surface area contributed by atoms with E-state index in [0.717, 1.165) is 18.8 Å². The zero-order valence-electron chi connectivity index (χ0n) is 14.4. The highest BCUT2D eigenvalue weighted by Crippen LogP contribution is 2.33. The molecular formula is C15H24N6O2. The zero-order valence-corrected chi connectivity index (χ0v) is 14.4. The molecule has 2 atom stereocenters. The molecule has 0 aromatic carbocycles. The Kier molecular flexibility index (Phi) is 4.20. The van der Waals surface area contributed by atoms with Crippen LogP contribution in [0.5, 0.6) is 0 Å². The maximum absolute atomic E-state index is 5.54. The summed E-state index contributed by atoms with van der Waals surface area (Å²) in [6, 6.07) is 0.143. The third kappa shape index (κ3) is 3.28. The molecule has 23 heavy (non-hydrogen) atoms. The normalized spacial score (nSPS) is 22.8. The molecule has 2 aromatic heterocycles. The molecule has 0 aliphatic carbocycles. The number of methoxy groups -OCH3 is 1. The van der Waals surface area contributed by atoms with Gasteiger partial charge in [-0.15, -0.1) is 10.2 Å². The van der Waals surface area contributed by atoms with Crippen LogP contribution in [0.3, 0.4) is 0 Å². The Morgan fingerprint density at radius 2 is 2.17 bits per heavy atom. The van der Waals surface area contributed by atoms with E-state index >= 15 is 0 Å². The summed E-state index contributed by atoms with van der Waals surface area (Å²) in [5.74, 6) is 2.29. The lowest BCUT2D eigenvalue weighted by molar-refractivity contribution is 0.106. The van der Waals surface area contributed by atoms with E-state index in [1.807, 2.05) is 11.6 Å². The summed E-state index contributed by atoms with van der Waals surface area (Å²) < 4.78 is 12.9. The van der Waals surface area contributed by atoms with Crippen LogP contribution >= 0.6 is 0 Å². The third-order valence-electron chi connectivity index (χ3n) is 4.20. The van der Waals surface area contributed by atoms with Gasteiger partial charge in [-0.25, -0.2) is 0 Å². The number of rotatable bonds is 4. The van der Waals surface area contributed by atoms with E-state index in [1.165, 1.54) is 0 Å². The first-order valence-corrected chi connectivity index (χ1v) is 7.82. The van der Waals surface area contributed by atoms with Crippen LogP contribution in [0.2, 0.25) is 0 Å². The number of aromatic nitrogens is 5. The van der Waals surface area contributed by atoms with E-state index in [4.69, 9.17) is 9.26 Å². The maximum Gasteiger partial charge on any atom is 0.232 e. The van der Waals surface area contributed by atoms with Crippen LogP contribution in [0, 0.1) is 0 Å². The van der Waals surface area contributed by atoms with Crippen molar-refractivity contribution in [1.82, 2.24) is 29.8 Å². The van der Waals surface area contributed by atoms with Gasteiger partial charge in [0.1, 0.15) is 12.2 Å². The van der Waals surface area contributed by atoms with Crippen molar-refractivity contribution in [3.63, 3.8) is 0 Å². The number of aryl methyl sites for hydroxylation is 1. The molecule has 2 aromatic rings. The van der Waals surface area contributed by atoms with Crippen LogP contribution in [0.15, 0.2) is 10.9 Å². The highest BCUT2D eigenvalue weighted by Gasteiger charge is 2.36. The van der Waals surface area contributed by atoms with Gasteiger partial charge < -0.3 is 13.8 Å². The molecule has 126 valence electrons. The van der Waals surface area contributed by atoms with Crippen molar-refractivity contribution in [1.29, 1.82) is 0 Å². The highest BCUT2D eigenvalue weighted by atomic mass is 16.5. The van der Waals surface area contributed by atoms with Gasteiger partial charge in [-0.2, -0.15) is 4.98 Å². The Labute approximate surface area is 135 Å². The maximum atomic E-state index is 5.54. The number of hydrogen-bond donors (Lipinski definition) is 0.